The van der Waals surface area contributed by atoms with Crippen LogP contribution in [0.1, 0.15) is 12.0 Å². The quantitative estimate of drug-likeness (QED) is 0.783. The van der Waals surface area contributed by atoms with Crippen molar-refractivity contribution in [2.24, 2.45) is 0 Å². The molecule has 86 valence electrons. The van der Waals surface area contributed by atoms with Crippen LogP contribution < -0.4 is 15.8 Å². The van der Waals surface area contributed by atoms with Crippen LogP contribution in [0.2, 0.25) is 0 Å². The lowest BCUT2D eigenvalue weighted by Crippen LogP contribution is -2.32. The average molecular weight is 219 g/mol. The fourth-order valence-corrected chi connectivity index (χ4v) is 1.82. The van der Waals surface area contributed by atoms with Crippen LogP contribution in [0.15, 0.2) is 24.3 Å². The van der Waals surface area contributed by atoms with Crippen LogP contribution in [0.4, 0.5) is 5.69 Å². The number of rotatable bonds is 4. The minimum Gasteiger partial charge on any atom is -0.319 e. The van der Waals surface area contributed by atoms with Crippen molar-refractivity contribution in [2.75, 3.05) is 25.1 Å². The Labute approximate surface area is 95.6 Å². The number of amides is 1. The van der Waals surface area contributed by atoms with Gasteiger partial charge in [0.15, 0.2) is 0 Å². The topological polar surface area (TPSA) is 44.4 Å². The van der Waals surface area contributed by atoms with Crippen molar-refractivity contribution in [1.29, 1.82) is 0 Å². The first-order valence-electron chi connectivity index (χ1n) is 5.60. The Kier molecular flexibility index (Phi) is 3.41. The summed E-state index contributed by atoms with van der Waals surface area (Å²) >= 11 is 0. The summed E-state index contributed by atoms with van der Waals surface area (Å²) < 4.78 is 0. The highest BCUT2D eigenvalue weighted by Gasteiger charge is 2.18. The van der Waals surface area contributed by atoms with E-state index in [4.69, 9.17) is 0 Å². The molecule has 1 aromatic carbocycles. The number of carbonyl (C=O) groups is 1. The summed E-state index contributed by atoms with van der Waals surface area (Å²) in [6.45, 7) is 1.73. The van der Waals surface area contributed by atoms with Gasteiger partial charge in [-0.1, -0.05) is 12.1 Å². The third-order valence-corrected chi connectivity index (χ3v) is 2.71. The highest BCUT2D eigenvalue weighted by atomic mass is 16.2. The molecule has 0 saturated carbocycles. The van der Waals surface area contributed by atoms with E-state index in [9.17, 15) is 4.79 Å². The van der Waals surface area contributed by atoms with Gasteiger partial charge in [-0.05, 0) is 37.7 Å². The minimum atomic E-state index is 0.0978. The molecule has 1 heterocycles. The summed E-state index contributed by atoms with van der Waals surface area (Å²) in [7, 11) is 1.95. The molecule has 1 fully saturated rings. The van der Waals surface area contributed by atoms with E-state index >= 15 is 0 Å². The summed E-state index contributed by atoms with van der Waals surface area (Å²) in [5.41, 5.74) is 5.19. The van der Waals surface area contributed by atoms with Gasteiger partial charge >= 0.3 is 0 Å². The Balaban J connectivity index is 2.06. The van der Waals surface area contributed by atoms with Gasteiger partial charge in [-0.2, -0.15) is 0 Å². The maximum Gasteiger partial charge on any atom is 0.240 e. The Morgan fingerprint density at radius 3 is 3.06 bits per heavy atom. The first-order valence-corrected chi connectivity index (χ1v) is 5.60. The zero-order chi connectivity index (χ0) is 11.4. The lowest BCUT2D eigenvalue weighted by Gasteiger charge is -2.18. The van der Waals surface area contributed by atoms with Crippen LogP contribution in [0.5, 0.6) is 0 Å². The van der Waals surface area contributed by atoms with Gasteiger partial charge in [0.05, 0.1) is 5.69 Å². The van der Waals surface area contributed by atoms with Crippen molar-refractivity contribution in [3.05, 3.63) is 29.8 Å². The number of benzene rings is 1. The number of likely N-dealkylation sites (N-methyl/N-ethyl adjacent to an activating group) is 1. The van der Waals surface area contributed by atoms with E-state index in [2.05, 4.69) is 22.9 Å². The molecule has 0 aliphatic carbocycles. The number of carbonyl (C=O) groups excluding carboxylic acids is 1. The highest BCUT2D eigenvalue weighted by Crippen LogP contribution is 2.17. The number of anilines is 1. The van der Waals surface area contributed by atoms with Gasteiger partial charge < -0.3 is 5.32 Å². The molecule has 4 nitrogen and oxygen atoms in total. The van der Waals surface area contributed by atoms with Crippen molar-refractivity contribution in [1.82, 2.24) is 10.7 Å². The number of hydrazine groups is 1. The smallest absolute Gasteiger partial charge is 0.240 e. The van der Waals surface area contributed by atoms with Gasteiger partial charge in [-0.15, -0.1) is 0 Å². The molecule has 1 amide bonds. The van der Waals surface area contributed by atoms with Gasteiger partial charge in [-0.3, -0.25) is 15.2 Å². The molecule has 4 heteroatoms. The second kappa shape index (κ2) is 4.99. The Bertz CT molecular complexity index is 378. The summed E-state index contributed by atoms with van der Waals surface area (Å²) in [4.78, 5) is 11.1. The van der Waals surface area contributed by atoms with Crippen molar-refractivity contribution >= 4 is 11.6 Å². The minimum absolute atomic E-state index is 0.0978. The lowest BCUT2D eigenvalue weighted by molar-refractivity contribution is -0.119. The maximum absolute atomic E-state index is 11.1. The Morgan fingerprint density at radius 2 is 2.38 bits per heavy atom. The van der Waals surface area contributed by atoms with Crippen LogP contribution in [0, 0.1) is 0 Å². The maximum atomic E-state index is 11.1. The molecule has 1 aliphatic heterocycles. The standard InChI is InChI=1S/C12H17N3O/c1-13-7-5-10-3-2-4-11(9-10)15-8-6-12(16)14-15/h2-4,9,13H,5-8H2,1H3,(H,14,16). The monoisotopic (exact) mass is 219 g/mol. The highest BCUT2D eigenvalue weighted by molar-refractivity contribution is 5.81. The van der Waals surface area contributed by atoms with E-state index in [1.807, 2.05) is 24.2 Å². The summed E-state index contributed by atoms with van der Waals surface area (Å²) in [5.74, 6) is 0.0978. The molecule has 0 unspecified atom stereocenters. The lowest BCUT2D eigenvalue weighted by atomic mass is 10.1. The van der Waals surface area contributed by atoms with Crippen LogP contribution in [-0.4, -0.2) is 26.0 Å². The molecule has 16 heavy (non-hydrogen) atoms. The third kappa shape index (κ3) is 2.52. The van der Waals surface area contributed by atoms with E-state index < -0.39 is 0 Å². The Morgan fingerprint density at radius 1 is 1.50 bits per heavy atom. The molecule has 2 rings (SSSR count). The zero-order valence-electron chi connectivity index (χ0n) is 9.49. The molecule has 1 saturated heterocycles. The van der Waals surface area contributed by atoms with Crippen molar-refractivity contribution < 1.29 is 4.79 Å². The first kappa shape index (κ1) is 11.0. The molecule has 1 aliphatic rings. The predicted molar refractivity (Wildman–Crippen MR) is 64.2 cm³/mol. The average Bonchev–Trinajstić information content (AvgIpc) is 2.74. The molecule has 1 aromatic rings. The molecule has 0 spiro atoms. The van der Waals surface area contributed by atoms with Gasteiger partial charge in [0, 0.05) is 13.0 Å². The van der Waals surface area contributed by atoms with Crippen LogP contribution in [0.3, 0.4) is 0 Å². The predicted octanol–water partition coefficient (Wildman–Crippen LogP) is 0.690. The van der Waals surface area contributed by atoms with Crippen molar-refractivity contribution in [2.45, 2.75) is 12.8 Å². The van der Waals surface area contributed by atoms with E-state index in [-0.39, 0.29) is 5.91 Å². The zero-order valence-corrected chi connectivity index (χ0v) is 9.49. The molecule has 2 N–H and O–H groups in total. The van der Waals surface area contributed by atoms with Crippen LogP contribution in [-0.2, 0) is 11.2 Å². The number of hydrogen-bond donors (Lipinski definition) is 2. The second-order valence-electron chi connectivity index (χ2n) is 3.96. The summed E-state index contributed by atoms with van der Waals surface area (Å²) in [5, 5.41) is 5.04. The fourth-order valence-electron chi connectivity index (χ4n) is 1.82. The van der Waals surface area contributed by atoms with Gasteiger partial charge in [0.25, 0.3) is 0 Å². The SMILES string of the molecule is CNCCc1cccc(N2CCC(=O)N2)c1. The first-order chi connectivity index (χ1) is 7.79. The van der Waals surface area contributed by atoms with E-state index in [1.165, 1.54) is 5.56 Å². The molecule has 0 radical (unpaired) electrons. The van der Waals surface area contributed by atoms with Crippen LogP contribution in [0.25, 0.3) is 0 Å². The Hall–Kier alpha value is -1.55. The van der Waals surface area contributed by atoms with Gasteiger partial charge in [-0.25, -0.2) is 0 Å². The van der Waals surface area contributed by atoms with E-state index in [0.717, 1.165) is 25.2 Å². The summed E-state index contributed by atoms with van der Waals surface area (Å²) in [6, 6.07) is 8.29. The van der Waals surface area contributed by atoms with E-state index in [1.54, 1.807) is 0 Å². The van der Waals surface area contributed by atoms with Gasteiger partial charge in [0.2, 0.25) is 5.91 Å². The molecule has 0 aromatic heterocycles. The number of hydrogen-bond acceptors (Lipinski definition) is 3. The number of nitrogens with one attached hydrogen (secondary N) is 2. The fraction of sp³-hybridized carbons (Fsp3) is 0.417. The van der Waals surface area contributed by atoms with E-state index in [0.29, 0.717) is 6.42 Å². The van der Waals surface area contributed by atoms with Gasteiger partial charge in [0.1, 0.15) is 0 Å². The van der Waals surface area contributed by atoms with Crippen molar-refractivity contribution in [3.8, 4) is 0 Å². The molecular formula is C12H17N3O. The largest absolute Gasteiger partial charge is 0.319 e. The van der Waals surface area contributed by atoms with Crippen molar-refractivity contribution in [3.63, 3.8) is 0 Å². The number of nitrogens with zero attached hydrogens (tertiary/aromatic N) is 1. The normalized spacial score (nSPS) is 15.3. The molecule has 0 atom stereocenters. The second-order valence-corrected chi connectivity index (χ2v) is 3.96. The molecule has 0 bridgehead atoms. The molecular weight excluding hydrogens is 202 g/mol. The summed E-state index contributed by atoms with van der Waals surface area (Å²) in [6.07, 6.45) is 1.59. The van der Waals surface area contributed by atoms with Crippen LogP contribution >= 0.6 is 0 Å². The third-order valence-electron chi connectivity index (χ3n) is 2.71.